The third-order valence-electron chi connectivity index (χ3n) is 2.84. The number of rotatable bonds is 4. The Kier molecular flexibility index (Phi) is 5.20. The summed E-state index contributed by atoms with van der Waals surface area (Å²) in [6, 6.07) is 9.71. The van der Waals surface area contributed by atoms with Gasteiger partial charge in [0.1, 0.15) is 0 Å². The average Bonchev–Trinajstić information content (AvgIpc) is 2.42. The van der Waals surface area contributed by atoms with Crippen LogP contribution in [-0.4, -0.2) is 16.6 Å². The number of carbonyl (C=O) groups is 1. The number of nitrogens with one attached hydrogen (secondary N) is 1. The summed E-state index contributed by atoms with van der Waals surface area (Å²) in [6.45, 7) is 4.08. The molecule has 104 valence electrons. The second-order valence-corrected chi connectivity index (χ2v) is 6.36. The number of aromatic nitrogens is 1. The van der Waals surface area contributed by atoms with E-state index < -0.39 is 0 Å². The standard InChI is InChI=1S/C15H15BrN2OS/c1-10-3-5-13(7-11(10)2)18-14(19)9-20-15-6-4-12(16)8-17-15/h3-8H,9H2,1-2H3,(H,18,19). The molecule has 0 atom stereocenters. The van der Waals surface area contributed by atoms with Crippen LogP contribution in [0.2, 0.25) is 0 Å². The van der Waals surface area contributed by atoms with E-state index >= 15 is 0 Å². The molecule has 1 heterocycles. The van der Waals surface area contributed by atoms with Crippen LogP contribution in [-0.2, 0) is 4.79 Å². The SMILES string of the molecule is Cc1ccc(NC(=O)CSc2ccc(Br)cn2)cc1C. The van der Waals surface area contributed by atoms with E-state index in [4.69, 9.17) is 0 Å². The first-order chi connectivity index (χ1) is 9.54. The van der Waals surface area contributed by atoms with Crippen LogP contribution in [0.15, 0.2) is 46.0 Å². The summed E-state index contributed by atoms with van der Waals surface area (Å²) in [4.78, 5) is 16.1. The maximum atomic E-state index is 11.9. The van der Waals surface area contributed by atoms with E-state index in [2.05, 4.69) is 33.2 Å². The molecule has 0 bridgehead atoms. The van der Waals surface area contributed by atoms with E-state index in [9.17, 15) is 4.79 Å². The van der Waals surface area contributed by atoms with Crippen LogP contribution in [0.1, 0.15) is 11.1 Å². The third kappa shape index (κ3) is 4.35. The van der Waals surface area contributed by atoms with Gasteiger partial charge in [-0.3, -0.25) is 4.79 Å². The van der Waals surface area contributed by atoms with Crippen LogP contribution in [0, 0.1) is 13.8 Å². The molecule has 0 radical (unpaired) electrons. The van der Waals surface area contributed by atoms with Gasteiger partial charge in [0.15, 0.2) is 0 Å². The Labute approximate surface area is 131 Å². The van der Waals surface area contributed by atoms with Crippen LogP contribution in [0.3, 0.4) is 0 Å². The number of hydrogen-bond acceptors (Lipinski definition) is 3. The van der Waals surface area contributed by atoms with E-state index in [0.717, 1.165) is 15.2 Å². The first-order valence-electron chi connectivity index (χ1n) is 6.16. The van der Waals surface area contributed by atoms with Crippen molar-refractivity contribution in [1.29, 1.82) is 0 Å². The van der Waals surface area contributed by atoms with Gasteiger partial charge in [0, 0.05) is 16.4 Å². The minimum Gasteiger partial charge on any atom is -0.325 e. The Morgan fingerprint density at radius 3 is 2.70 bits per heavy atom. The zero-order valence-corrected chi connectivity index (χ0v) is 13.7. The molecule has 0 aliphatic rings. The lowest BCUT2D eigenvalue weighted by molar-refractivity contribution is -0.113. The van der Waals surface area contributed by atoms with Crippen molar-refractivity contribution in [3.63, 3.8) is 0 Å². The van der Waals surface area contributed by atoms with Crippen molar-refractivity contribution >= 4 is 39.3 Å². The molecule has 0 unspecified atom stereocenters. The first-order valence-corrected chi connectivity index (χ1v) is 7.94. The minimum absolute atomic E-state index is 0.0250. The lowest BCUT2D eigenvalue weighted by atomic mass is 10.1. The Bertz CT molecular complexity index is 614. The molecule has 1 N–H and O–H groups in total. The summed E-state index contributed by atoms with van der Waals surface area (Å²) < 4.78 is 0.932. The predicted octanol–water partition coefficient (Wildman–Crippen LogP) is 4.19. The number of halogens is 1. The van der Waals surface area contributed by atoms with Crippen molar-refractivity contribution in [3.05, 3.63) is 52.1 Å². The molecule has 0 aliphatic heterocycles. The number of hydrogen-bond donors (Lipinski definition) is 1. The van der Waals surface area contributed by atoms with Crippen molar-refractivity contribution in [3.8, 4) is 0 Å². The molecule has 20 heavy (non-hydrogen) atoms. The highest BCUT2D eigenvalue weighted by Crippen LogP contribution is 2.18. The summed E-state index contributed by atoms with van der Waals surface area (Å²) >= 11 is 4.75. The molecular formula is C15H15BrN2OS. The predicted molar refractivity (Wildman–Crippen MR) is 87.2 cm³/mol. The second-order valence-electron chi connectivity index (χ2n) is 4.45. The second kappa shape index (κ2) is 6.90. The molecule has 0 fully saturated rings. The molecule has 0 saturated carbocycles. The van der Waals surface area contributed by atoms with E-state index in [-0.39, 0.29) is 5.91 Å². The molecule has 3 nitrogen and oxygen atoms in total. The van der Waals surface area contributed by atoms with Gasteiger partial charge in [-0.2, -0.15) is 0 Å². The van der Waals surface area contributed by atoms with Gasteiger partial charge in [-0.15, -0.1) is 0 Å². The van der Waals surface area contributed by atoms with Crippen molar-refractivity contribution in [2.75, 3.05) is 11.1 Å². The van der Waals surface area contributed by atoms with Crippen molar-refractivity contribution in [1.82, 2.24) is 4.98 Å². The normalized spacial score (nSPS) is 10.3. The summed E-state index contributed by atoms with van der Waals surface area (Å²) in [5.74, 6) is 0.324. The van der Waals surface area contributed by atoms with Crippen molar-refractivity contribution in [2.24, 2.45) is 0 Å². The topological polar surface area (TPSA) is 42.0 Å². The van der Waals surface area contributed by atoms with Crippen LogP contribution in [0.5, 0.6) is 0 Å². The largest absolute Gasteiger partial charge is 0.325 e. The van der Waals surface area contributed by atoms with Gasteiger partial charge in [-0.1, -0.05) is 17.8 Å². The number of thioether (sulfide) groups is 1. The van der Waals surface area contributed by atoms with Gasteiger partial charge in [0.25, 0.3) is 0 Å². The fourth-order valence-electron chi connectivity index (χ4n) is 1.60. The molecular weight excluding hydrogens is 336 g/mol. The first kappa shape index (κ1) is 15.1. The number of aryl methyl sites for hydroxylation is 2. The molecule has 1 aromatic carbocycles. The van der Waals surface area contributed by atoms with Gasteiger partial charge < -0.3 is 5.32 Å². The number of benzene rings is 1. The summed E-state index contributed by atoms with van der Waals surface area (Å²) in [5, 5.41) is 3.73. The number of nitrogens with zero attached hydrogens (tertiary/aromatic N) is 1. The fraction of sp³-hybridized carbons (Fsp3) is 0.200. The lowest BCUT2D eigenvalue weighted by Gasteiger charge is -2.07. The lowest BCUT2D eigenvalue weighted by Crippen LogP contribution is -2.14. The van der Waals surface area contributed by atoms with E-state index in [1.54, 1.807) is 6.20 Å². The third-order valence-corrected chi connectivity index (χ3v) is 4.25. The summed E-state index contributed by atoms with van der Waals surface area (Å²) in [6.07, 6.45) is 1.73. The maximum absolute atomic E-state index is 11.9. The highest BCUT2D eigenvalue weighted by atomic mass is 79.9. The van der Waals surface area contributed by atoms with E-state index in [1.807, 2.05) is 37.3 Å². The van der Waals surface area contributed by atoms with Gasteiger partial charge >= 0.3 is 0 Å². The van der Waals surface area contributed by atoms with Crippen molar-refractivity contribution < 1.29 is 4.79 Å². The van der Waals surface area contributed by atoms with E-state index in [0.29, 0.717) is 5.75 Å². The smallest absolute Gasteiger partial charge is 0.234 e. The molecule has 0 aliphatic carbocycles. The zero-order valence-electron chi connectivity index (χ0n) is 11.3. The van der Waals surface area contributed by atoms with Crippen LogP contribution in [0.4, 0.5) is 5.69 Å². The molecule has 2 aromatic rings. The minimum atomic E-state index is -0.0250. The average molecular weight is 351 g/mol. The summed E-state index contributed by atoms with van der Waals surface area (Å²) in [7, 11) is 0. The molecule has 0 saturated heterocycles. The highest BCUT2D eigenvalue weighted by molar-refractivity contribution is 9.10. The van der Waals surface area contributed by atoms with Crippen LogP contribution < -0.4 is 5.32 Å². The molecule has 1 amide bonds. The van der Waals surface area contributed by atoms with Crippen molar-refractivity contribution in [2.45, 2.75) is 18.9 Å². The highest BCUT2D eigenvalue weighted by Gasteiger charge is 2.05. The zero-order chi connectivity index (χ0) is 14.5. The Balaban J connectivity index is 1.89. The Morgan fingerprint density at radius 2 is 2.05 bits per heavy atom. The number of pyridine rings is 1. The number of anilines is 1. The van der Waals surface area contributed by atoms with Crippen LogP contribution in [0.25, 0.3) is 0 Å². The Hall–Kier alpha value is -1.33. The monoisotopic (exact) mass is 350 g/mol. The van der Waals surface area contributed by atoms with E-state index in [1.165, 1.54) is 22.9 Å². The van der Waals surface area contributed by atoms with Gasteiger partial charge in [-0.25, -0.2) is 4.98 Å². The van der Waals surface area contributed by atoms with Gasteiger partial charge in [-0.05, 0) is 65.2 Å². The van der Waals surface area contributed by atoms with Gasteiger partial charge in [0.05, 0.1) is 10.8 Å². The quantitative estimate of drug-likeness (QED) is 0.840. The molecule has 0 spiro atoms. The molecule has 2 rings (SSSR count). The van der Waals surface area contributed by atoms with Gasteiger partial charge in [0.2, 0.25) is 5.91 Å². The maximum Gasteiger partial charge on any atom is 0.234 e. The Morgan fingerprint density at radius 1 is 1.25 bits per heavy atom. The summed E-state index contributed by atoms with van der Waals surface area (Å²) in [5.41, 5.74) is 3.23. The molecule has 1 aromatic heterocycles. The number of carbonyl (C=O) groups excluding carboxylic acids is 1. The fourth-order valence-corrected chi connectivity index (χ4v) is 2.48. The van der Waals surface area contributed by atoms with Crippen LogP contribution >= 0.6 is 27.7 Å². The molecule has 5 heteroatoms. The number of amides is 1.